The molecule has 38 heavy (non-hydrogen) atoms. The van der Waals surface area contributed by atoms with Crippen molar-refractivity contribution in [1.82, 2.24) is 14.8 Å². The lowest BCUT2D eigenvalue weighted by molar-refractivity contribution is -0.274. The largest absolute Gasteiger partial charge is 0.573 e. The highest BCUT2D eigenvalue weighted by Gasteiger charge is 2.31. The van der Waals surface area contributed by atoms with Crippen molar-refractivity contribution in [1.29, 1.82) is 0 Å². The summed E-state index contributed by atoms with van der Waals surface area (Å²) in [7, 11) is 0. The topological polar surface area (TPSA) is 67.9 Å². The lowest BCUT2D eigenvalue weighted by Gasteiger charge is -2.35. The third-order valence-corrected chi connectivity index (χ3v) is 6.82. The van der Waals surface area contributed by atoms with Crippen LogP contribution in [0.5, 0.6) is 5.75 Å². The molecular weight excluding hydrogens is 513 g/mol. The highest BCUT2D eigenvalue weighted by atomic mass is 32.2. The fourth-order valence-corrected chi connectivity index (χ4v) is 4.70. The highest BCUT2D eigenvalue weighted by Crippen LogP contribution is 2.35. The summed E-state index contributed by atoms with van der Waals surface area (Å²) in [5, 5.41) is 14.0. The van der Waals surface area contributed by atoms with Gasteiger partial charge < -0.3 is 9.64 Å². The summed E-state index contributed by atoms with van der Waals surface area (Å²) in [5.41, 5.74) is 5.95. The maximum Gasteiger partial charge on any atom is 0.573 e. The number of anilines is 1. The predicted molar refractivity (Wildman–Crippen MR) is 144 cm³/mol. The number of rotatable bonds is 7. The van der Waals surface area contributed by atoms with Crippen LogP contribution in [0.1, 0.15) is 23.6 Å². The molecule has 0 N–H and O–H groups in total. The molecule has 0 saturated carbocycles. The monoisotopic (exact) mass is 536 g/mol. The first kappa shape index (κ1) is 25.5. The third-order valence-electron chi connectivity index (χ3n) is 5.87. The fourth-order valence-electron chi connectivity index (χ4n) is 4.00. The first-order valence-electron chi connectivity index (χ1n) is 11.8. The number of amidine groups is 1. The summed E-state index contributed by atoms with van der Waals surface area (Å²) >= 11 is 1.66. The molecule has 1 aliphatic rings. The molecule has 0 amide bonds. The van der Waals surface area contributed by atoms with Gasteiger partial charge in [0.1, 0.15) is 12.1 Å². The smallest absolute Gasteiger partial charge is 0.406 e. The van der Waals surface area contributed by atoms with E-state index in [0.29, 0.717) is 11.5 Å². The molecule has 1 aliphatic heterocycles. The number of ether oxygens (including phenoxy) is 1. The van der Waals surface area contributed by atoms with E-state index < -0.39 is 6.36 Å². The van der Waals surface area contributed by atoms with Crippen LogP contribution in [0.3, 0.4) is 0 Å². The molecule has 1 aromatic heterocycles. The quantitative estimate of drug-likeness (QED) is 0.197. The van der Waals surface area contributed by atoms with Crippen molar-refractivity contribution < 1.29 is 17.9 Å². The van der Waals surface area contributed by atoms with Crippen LogP contribution in [0.15, 0.2) is 83.3 Å². The second-order valence-electron chi connectivity index (χ2n) is 8.44. The van der Waals surface area contributed by atoms with Crippen LogP contribution >= 0.6 is 11.8 Å². The zero-order chi connectivity index (χ0) is 26.7. The van der Waals surface area contributed by atoms with E-state index in [-0.39, 0.29) is 5.75 Å². The molecule has 5 rings (SSSR count). The van der Waals surface area contributed by atoms with Gasteiger partial charge in [0.25, 0.3) is 0 Å². The number of aromatic nitrogens is 3. The number of halogens is 3. The van der Waals surface area contributed by atoms with Crippen LogP contribution < -0.4 is 9.64 Å². The first-order valence-corrected chi connectivity index (χ1v) is 12.8. The van der Waals surface area contributed by atoms with Crippen molar-refractivity contribution in [3.8, 4) is 22.8 Å². The number of para-hydroxylation sites is 1. The average Bonchev–Trinajstić information content (AvgIpc) is 3.37. The Labute approximate surface area is 221 Å². The van der Waals surface area contributed by atoms with Crippen LogP contribution in [-0.2, 0) is 6.42 Å². The molecule has 1 fully saturated rings. The maximum atomic E-state index is 12.4. The van der Waals surface area contributed by atoms with Crippen molar-refractivity contribution in [3.05, 3.63) is 89.7 Å². The molecule has 194 valence electrons. The Morgan fingerprint density at radius 3 is 2.47 bits per heavy atom. The normalized spacial score (nSPS) is 14.8. The maximum absolute atomic E-state index is 12.4. The summed E-state index contributed by atoms with van der Waals surface area (Å²) in [6, 6.07) is 19.3. The molecule has 3 aromatic carbocycles. The number of hydrogen-bond acceptors (Lipinski definition) is 6. The zero-order valence-corrected chi connectivity index (χ0v) is 21.4. The van der Waals surface area contributed by atoms with Gasteiger partial charge in [-0.25, -0.2) is 9.67 Å². The number of nitrogens with zero attached hydrogens (tertiary/aromatic N) is 6. The number of benzene rings is 3. The number of hydrogen-bond donors (Lipinski definition) is 0. The van der Waals surface area contributed by atoms with Crippen molar-refractivity contribution in [2.45, 2.75) is 26.6 Å². The number of thioether (sulfide) groups is 1. The molecule has 0 unspecified atom stereocenters. The van der Waals surface area contributed by atoms with Crippen LogP contribution in [0.4, 0.5) is 18.9 Å². The number of aryl methyl sites for hydroxylation is 2. The molecule has 0 aliphatic carbocycles. The van der Waals surface area contributed by atoms with E-state index >= 15 is 0 Å². The molecular formula is C27H23F3N6OS. The van der Waals surface area contributed by atoms with Gasteiger partial charge >= 0.3 is 6.36 Å². The van der Waals surface area contributed by atoms with Crippen molar-refractivity contribution in [2.75, 3.05) is 10.8 Å². The molecule has 1 saturated heterocycles. The van der Waals surface area contributed by atoms with Gasteiger partial charge in [-0.15, -0.1) is 23.4 Å². The van der Waals surface area contributed by atoms with E-state index in [1.54, 1.807) is 18.0 Å². The Morgan fingerprint density at radius 2 is 1.82 bits per heavy atom. The zero-order valence-electron chi connectivity index (χ0n) is 20.6. The minimum Gasteiger partial charge on any atom is -0.406 e. The van der Waals surface area contributed by atoms with Gasteiger partial charge in [0.05, 0.1) is 17.8 Å². The van der Waals surface area contributed by atoms with Crippen LogP contribution in [0.25, 0.3) is 17.1 Å². The highest BCUT2D eigenvalue weighted by molar-refractivity contribution is 8.16. The van der Waals surface area contributed by atoms with E-state index in [1.165, 1.54) is 52.1 Å². The molecule has 0 spiro atoms. The lowest BCUT2D eigenvalue weighted by atomic mass is 10.1. The number of alkyl halides is 3. The summed E-state index contributed by atoms with van der Waals surface area (Å²) in [6.07, 6.45) is -0.580. The van der Waals surface area contributed by atoms with Crippen LogP contribution in [0, 0.1) is 6.92 Å². The first-order chi connectivity index (χ1) is 18.3. The van der Waals surface area contributed by atoms with Gasteiger partial charge in [0.2, 0.25) is 0 Å². The van der Waals surface area contributed by atoms with E-state index in [4.69, 9.17) is 0 Å². The molecule has 7 nitrogen and oxygen atoms in total. The van der Waals surface area contributed by atoms with Crippen molar-refractivity contribution >= 4 is 28.8 Å². The predicted octanol–water partition coefficient (Wildman–Crippen LogP) is 6.60. The lowest BCUT2D eigenvalue weighted by Crippen LogP contribution is -2.39. The van der Waals surface area contributed by atoms with E-state index in [9.17, 15) is 13.2 Å². The Bertz CT molecular complexity index is 1480. The fraction of sp³-hybridized carbons (Fsp3) is 0.185. The van der Waals surface area contributed by atoms with Gasteiger partial charge in [0.15, 0.2) is 11.0 Å². The molecule has 0 atom stereocenters. The van der Waals surface area contributed by atoms with Gasteiger partial charge in [-0.2, -0.15) is 5.10 Å². The van der Waals surface area contributed by atoms with Crippen molar-refractivity contribution in [2.24, 2.45) is 10.2 Å². The SMILES string of the molecule is CCc1cccc(C)c1N1CSC1=NN=Cc1ccc(-c2ncn(-c3ccc(OC(F)(F)F)cc3)n2)cc1. The molecule has 2 heterocycles. The second-order valence-corrected chi connectivity index (χ2v) is 9.35. The van der Waals surface area contributed by atoms with Crippen LogP contribution in [-0.4, -0.2) is 38.4 Å². The Hall–Kier alpha value is -4.12. The minimum atomic E-state index is -4.73. The summed E-state index contributed by atoms with van der Waals surface area (Å²) in [4.78, 5) is 6.51. The third kappa shape index (κ3) is 5.72. The molecule has 0 bridgehead atoms. The second kappa shape index (κ2) is 10.7. The van der Waals surface area contributed by atoms with Gasteiger partial charge in [-0.1, -0.05) is 61.2 Å². The molecule has 4 aromatic rings. The Kier molecular flexibility index (Phi) is 7.19. The summed E-state index contributed by atoms with van der Waals surface area (Å²) in [6.45, 7) is 4.26. The van der Waals surface area contributed by atoms with Gasteiger partial charge in [-0.3, -0.25) is 0 Å². The Morgan fingerprint density at radius 1 is 1.05 bits per heavy atom. The minimum absolute atomic E-state index is 0.298. The van der Waals surface area contributed by atoms with E-state index in [0.717, 1.165) is 28.6 Å². The van der Waals surface area contributed by atoms with Crippen LogP contribution in [0.2, 0.25) is 0 Å². The van der Waals surface area contributed by atoms with E-state index in [1.807, 2.05) is 24.3 Å². The van der Waals surface area contributed by atoms with Crippen molar-refractivity contribution in [3.63, 3.8) is 0 Å². The van der Waals surface area contributed by atoms with Gasteiger partial charge in [-0.05, 0) is 54.3 Å². The summed E-state index contributed by atoms with van der Waals surface area (Å²) < 4.78 is 42.5. The van der Waals surface area contributed by atoms with Gasteiger partial charge in [0, 0.05) is 11.3 Å². The van der Waals surface area contributed by atoms with E-state index in [2.05, 4.69) is 62.0 Å². The Balaban J connectivity index is 1.24. The average molecular weight is 537 g/mol. The molecule has 11 heteroatoms. The standard InChI is InChI=1S/C27H23F3N6OS/c1-3-20-6-4-5-18(2)24(20)35-17-38-26(35)33-32-15-19-7-9-21(10-8-19)25-31-16-36(34-25)22-11-13-23(14-12-22)37-27(28,29)30/h4-16H,3,17H2,1-2H3. The summed E-state index contributed by atoms with van der Waals surface area (Å²) in [5.74, 6) is 1.04. The molecule has 0 radical (unpaired) electrons.